The Kier molecular flexibility index (Phi) is 2.93. The molecule has 0 N–H and O–H groups in total. The number of hydrogen-bond donors (Lipinski definition) is 0. The standard InChI is InChI=1S/C14H7BrN2OSSe/c15-8-5-6-10-11(7-8)19-14(16-10)17-13(18)9-3-1-2-4-12(9)20-17/h1-7H. The van der Waals surface area contributed by atoms with Crippen LogP contribution in [0.3, 0.4) is 0 Å². The summed E-state index contributed by atoms with van der Waals surface area (Å²) in [6, 6.07) is 13.8. The fraction of sp³-hybridized carbons (Fsp3) is 0. The average Bonchev–Trinajstić information content (AvgIpc) is 3.00. The van der Waals surface area contributed by atoms with Crippen LogP contribution in [0.15, 0.2) is 51.7 Å². The summed E-state index contributed by atoms with van der Waals surface area (Å²) in [7, 11) is 0. The molecular weight excluding hydrogens is 403 g/mol. The molecule has 0 aliphatic rings. The van der Waals surface area contributed by atoms with Crippen molar-refractivity contribution in [2.24, 2.45) is 0 Å². The van der Waals surface area contributed by atoms with Crippen molar-refractivity contribution in [3.63, 3.8) is 0 Å². The fourth-order valence-electron chi connectivity index (χ4n) is 2.07. The molecule has 4 aromatic rings. The molecule has 98 valence electrons. The van der Waals surface area contributed by atoms with Gasteiger partial charge >= 0.3 is 133 Å². The predicted molar refractivity (Wildman–Crippen MR) is 87.4 cm³/mol. The molecule has 0 radical (unpaired) electrons. The van der Waals surface area contributed by atoms with Gasteiger partial charge in [0.15, 0.2) is 0 Å². The summed E-state index contributed by atoms with van der Waals surface area (Å²) in [5.41, 5.74) is 1.01. The molecule has 0 saturated carbocycles. The van der Waals surface area contributed by atoms with E-state index in [9.17, 15) is 4.79 Å². The Balaban J connectivity index is 2.01. The van der Waals surface area contributed by atoms with E-state index in [0.29, 0.717) is 0 Å². The zero-order valence-electron chi connectivity index (χ0n) is 10.0. The van der Waals surface area contributed by atoms with Crippen LogP contribution < -0.4 is 5.56 Å². The van der Waals surface area contributed by atoms with Gasteiger partial charge in [-0.25, -0.2) is 0 Å². The van der Waals surface area contributed by atoms with Crippen LogP contribution in [0.25, 0.3) is 25.0 Å². The molecule has 4 rings (SSSR count). The number of hydrogen-bond acceptors (Lipinski definition) is 3. The van der Waals surface area contributed by atoms with Crippen LogP contribution in [-0.4, -0.2) is 23.3 Å². The van der Waals surface area contributed by atoms with Gasteiger partial charge in [-0.15, -0.1) is 0 Å². The molecule has 2 heterocycles. The number of thiazole rings is 1. The van der Waals surface area contributed by atoms with Gasteiger partial charge in [0, 0.05) is 0 Å². The van der Waals surface area contributed by atoms with Crippen LogP contribution in [0.4, 0.5) is 0 Å². The van der Waals surface area contributed by atoms with Crippen molar-refractivity contribution < 1.29 is 0 Å². The van der Waals surface area contributed by atoms with E-state index in [0.717, 1.165) is 29.5 Å². The summed E-state index contributed by atoms with van der Waals surface area (Å²) in [4.78, 5) is 17.0. The molecular formula is C14H7BrN2OSSe. The Bertz CT molecular complexity index is 1000. The fourth-order valence-corrected chi connectivity index (χ4v) is 5.79. The molecule has 2 aromatic heterocycles. The predicted octanol–water partition coefficient (Wildman–Crippen LogP) is 3.42. The Labute approximate surface area is 132 Å². The van der Waals surface area contributed by atoms with E-state index in [1.807, 2.05) is 46.0 Å². The minimum atomic E-state index is -0.0151. The first-order valence-corrected chi connectivity index (χ1v) is 9.13. The van der Waals surface area contributed by atoms with Crippen molar-refractivity contribution in [3.8, 4) is 5.13 Å². The van der Waals surface area contributed by atoms with Crippen molar-refractivity contribution in [2.45, 2.75) is 0 Å². The Morgan fingerprint density at radius 2 is 2.05 bits per heavy atom. The van der Waals surface area contributed by atoms with Crippen LogP contribution in [0, 0.1) is 0 Å². The summed E-state index contributed by atoms with van der Waals surface area (Å²) < 4.78 is 5.07. The van der Waals surface area contributed by atoms with E-state index in [1.54, 1.807) is 11.3 Å². The van der Waals surface area contributed by atoms with Crippen LogP contribution in [0.5, 0.6) is 0 Å². The first kappa shape index (κ1) is 12.5. The molecule has 6 heteroatoms. The zero-order valence-corrected chi connectivity index (χ0v) is 14.2. The van der Waals surface area contributed by atoms with Gasteiger partial charge in [-0.2, -0.15) is 0 Å². The molecule has 0 aliphatic heterocycles. The third kappa shape index (κ3) is 1.91. The number of rotatable bonds is 1. The molecule has 0 aliphatic carbocycles. The van der Waals surface area contributed by atoms with E-state index < -0.39 is 0 Å². The SMILES string of the molecule is O=c1c2ccccc2[se]n1-c1nc2ccc(Br)cc2s1. The molecule has 20 heavy (non-hydrogen) atoms. The molecule has 3 nitrogen and oxygen atoms in total. The number of benzene rings is 2. The molecule has 0 unspecified atom stereocenters. The zero-order chi connectivity index (χ0) is 13.7. The Morgan fingerprint density at radius 1 is 1.20 bits per heavy atom. The molecule has 2 aromatic carbocycles. The van der Waals surface area contributed by atoms with Gasteiger partial charge < -0.3 is 0 Å². The van der Waals surface area contributed by atoms with E-state index >= 15 is 0 Å². The molecule has 0 spiro atoms. The first-order valence-electron chi connectivity index (χ1n) is 5.90. The number of fused-ring (bicyclic) bond motifs is 2. The normalized spacial score (nSPS) is 11.4. The molecule has 0 saturated heterocycles. The quantitative estimate of drug-likeness (QED) is 0.451. The van der Waals surface area contributed by atoms with Crippen LogP contribution in [0.2, 0.25) is 0 Å². The van der Waals surface area contributed by atoms with Gasteiger partial charge in [0.2, 0.25) is 0 Å². The second-order valence-electron chi connectivity index (χ2n) is 4.30. The minimum absolute atomic E-state index is 0.0151. The van der Waals surface area contributed by atoms with Crippen molar-refractivity contribution in [3.05, 3.63) is 57.3 Å². The Morgan fingerprint density at radius 3 is 2.90 bits per heavy atom. The second kappa shape index (κ2) is 4.67. The molecule has 0 bridgehead atoms. The van der Waals surface area contributed by atoms with Crippen molar-refractivity contribution in [1.29, 1.82) is 0 Å². The summed E-state index contributed by atoms with van der Waals surface area (Å²) in [6.45, 7) is 0. The number of nitrogens with zero attached hydrogens (tertiary/aromatic N) is 2. The average molecular weight is 410 g/mol. The molecule has 0 atom stereocenters. The van der Waals surface area contributed by atoms with E-state index in [1.165, 1.54) is 0 Å². The summed E-state index contributed by atoms with van der Waals surface area (Å²) in [5.74, 6) is 0. The number of aromatic nitrogens is 2. The van der Waals surface area contributed by atoms with Crippen molar-refractivity contribution in [1.82, 2.24) is 8.55 Å². The molecule has 0 fully saturated rings. The molecule has 0 amide bonds. The maximum absolute atomic E-state index is 12.4. The van der Waals surface area contributed by atoms with Crippen LogP contribution in [-0.2, 0) is 0 Å². The van der Waals surface area contributed by atoms with Crippen molar-refractivity contribution in [2.75, 3.05) is 0 Å². The van der Waals surface area contributed by atoms with E-state index in [2.05, 4.69) is 20.9 Å². The number of halogens is 1. The topological polar surface area (TPSA) is 34.9 Å². The van der Waals surface area contributed by atoms with Crippen molar-refractivity contribution >= 4 is 61.9 Å². The van der Waals surface area contributed by atoms with Gasteiger partial charge in [0.25, 0.3) is 0 Å². The van der Waals surface area contributed by atoms with Crippen LogP contribution in [0.1, 0.15) is 0 Å². The van der Waals surface area contributed by atoms with Gasteiger partial charge in [-0.05, 0) is 0 Å². The maximum atomic E-state index is 12.4. The second-order valence-corrected chi connectivity index (χ2v) is 8.29. The Hall–Kier alpha value is -1.20. The first-order chi connectivity index (χ1) is 9.72. The van der Waals surface area contributed by atoms with Gasteiger partial charge in [0.05, 0.1) is 0 Å². The third-order valence-corrected chi connectivity index (χ3v) is 7.02. The van der Waals surface area contributed by atoms with E-state index in [4.69, 9.17) is 0 Å². The van der Waals surface area contributed by atoms with E-state index in [-0.39, 0.29) is 20.3 Å². The summed E-state index contributed by atoms with van der Waals surface area (Å²) >= 11 is 5.01. The van der Waals surface area contributed by atoms with Gasteiger partial charge in [-0.3, -0.25) is 0 Å². The van der Waals surface area contributed by atoms with Gasteiger partial charge in [-0.1, -0.05) is 0 Å². The van der Waals surface area contributed by atoms with Gasteiger partial charge in [0.1, 0.15) is 0 Å². The summed E-state index contributed by atoms with van der Waals surface area (Å²) in [6.07, 6.45) is 0. The summed E-state index contributed by atoms with van der Waals surface area (Å²) in [5, 5.41) is 1.60. The third-order valence-electron chi connectivity index (χ3n) is 3.00. The van der Waals surface area contributed by atoms with Crippen LogP contribution >= 0.6 is 27.3 Å². The monoisotopic (exact) mass is 410 g/mol.